The number of rotatable bonds is 6. The number of hydrogen-bond donors (Lipinski definition) is 0. The van der Waals surface area contributed by atoms with Gasteiger partial charge in [-0.05, 0) is 86.6 Å². The highest BCUT2D eigenvalue weighted by Gasteiger charge is 2.08. The molecule has 0 bridgehead atoms. The molecule has 0 atom stereocenters. The second kappa shape index (κ2) is 12.6. The number of benzene rings is 4. The van der Waals surface area contributed by atoms with Crippen LogP contribution in [-0.4, -0.2) is 19.4 Å². The lowest BCUT2D eigenvalue weighted by atomic mass is 10.2. The molecule has 4 rings (SSSR count). The van der Waals surface area contributed by atoms with E-state index in [9.17, 15) is 9.59 Å². The fraction of sp³-hybridized carbons (Fsp3) is 0.103. The van der Waals surface area contributed by atoms with Crippen LogP contribution < -0.4 is 9.47 Å². The molecular weight excluding hydrogens is 440 g/mol. The van der Waals surface area contributed by atoms with E-state index in [0.29, 0.717) is 28.3 Å². The monoisotopic (exact) mass is 466 g/mol. The van der Waals surface area contributed by atoms with E-state index in [0.717, 1.165) is 17.6 Å². The summed E-state index contributed by atoms with van der Waals surface area (Å²) in [7, 11) is 1.67. The standard InChI is InChI=1S/C21H16N2O3.C8H10O/c1-15-2-12-20(13-3-15)26-21(25)17-6-10-19(11-7-17)23-22-18-8-4-16(14-24)5-9-18;1-7-3-5-8(9-2)6-4-7/h2-14H,1H3;3-6H,1-2H3. The maximum absolute atomic E-state index is 12.1. The molecule has 35 heavy (non-hydrogen) atoms. The molecule has 4 aromatic carbocycles. The number of aryl methyl sites for hydroxylation is 2. The highest BCUT2D eigenvalue weighted by molar-refractivity contribution is 5.91. The SMILES string of the molecule is COc1ccc(C)cc1.Cc1ccc(OC(=O)c2ccc(N=Nc3ccc(C=O)cc3)cc2)cc1. The van der Waals surface area contributed by atoms with Gasteiger partial charge in [0.15, 0.2) is 0 Å². The number of aldehydes is 1. The molecule has 0 unspecified atom stereocenters. The highest BCUT2D eigenvalue weighted by Crippen LogP contribution is 2.20. The van der Waals surface area contributed by atoms with Gasteiger partial charge in [0.05, 0.1) is 24.0 Å². The Bertz CT molecular complexity index is 1260. The van der Waals surface area contributed by atoms with E-state index >= 15 is 0 Å². The molecule has 0 aliphatic rings. The van der Waals surface area contributed by atoms with E-state index in [4.69, 9.17) is 9.47 Å². The second-order valence-corrected chi connectivity index (χ2v) is 7.68. The zero-order chi connectivity index (χ0) is 25.0. The molecule has 6 heteroatoms. The predicted molar refractivity (Wildman–Crippen MR) is 136 cm³/mol. The molecular formula is C29H26N2O4. The van der Waals surface area contributed by atoms with Crippen molar-refractivity contribution < 1.29 is 19.1 Å². The van der Waals surface area contributed by atoms with Crippen molar-refractivity contribution >= 4 is 23.6 Å². The molecule has 0 radical (unpaired) electrons. The molecule has 0 heterocycles. The smallest absolute Gasteiger partial charge is 0.343 e. The summed E-state index contributed by atoms with van der Waals surface area (Å²) in [5.41, 5.74) is 4.62. The summed E-state index contributed by atoms with van der Waals surface area (Å²) in [4.78, 5) is 22.8. The first-order valence-corrected chi connectivity index (χ1v) is 10.9. The predicted octanol–water partition coefficient (Wildman–Crippen LogP) is 7.45. The molecule has 6 nitrogen and oxygen atoms in total. The molecule has 0 spiro atoms. The summed E-state index contributed by atoms with van der Waals surface area (Å²) in [5.74, 6) is 0.991. The van der Waals surface area contributed by atoms with Gasteiger partial charge in [-0.2, -0.15) is 10.2 Å². The van der Waals surface area contributed by atoms with Crippen molar-refractivity contribution in [2.24, 2.45) is 10.2 Å². The number of azo groups is 1. The lowest BCUT2D eigenvalue weighted by Gasteiger charge is -2.04. The van der Waals surface area contributed by atoms with Crippen LogP contribution in [0.3, 0.4) is 0 Å². The number of esters is 1. The zero-order valence-corrected chi connectivity index (χ0v) is 19.8. The highest BCUT2D eigenvalue weighted by atomic mass is 16.5. The van der Waals surface area contributed by atoms with Gasteiger partial charge in [-0.3, -0.25) is 4.79 Å². The van der Waals surface area contributed by atoms with Gasteiger partial charge in [-0.15, -0.1) is 0 Å². The Morgan fingerprint density at radius 3 is 1.57 bits per heavy atom. The minimum absolute atomic E-state index is 0.429. The number of nitrogens with zero attached hydrogens (tertiary/aromatic N) is 2. The van der Waals surface area contributed by atoms with Gasteiger partial charge < -0.3 is 9.47 Å². The maximum Gasteiger partial charge on any atom is 0.343 e. The normalized spacial score (nSPS) is 10.3. The van der Waals surface area contributed by atoms with Gasteiger partial charge in [0, 0.05) is 5.56 Å². The Labute approximate surface area is 204 Å². The third kappa shape index (κ3) is 8.05. The van der Waals surface area contributed by atoms with Gasteiger partial charge in [-0.25, -0.2) is 4.79 Å². The van der Waals surface area contributed by atoms with E-state index in [1.807, 2.05) is 43.3 Å². The summed E-state index contributed by atoms with van der Waals surface area (Å²) in [6.45, 7) is 4.02. The van der Waals surface area contributed by atoms with Crippen LogP contribution in [0.4, 0.5) is 11.4 Å². The average Bonchev–Trinajstić information content (AvgIpc) is 2.90. The zero-order valence-electron chi connectivity index (χ0n) is 19.8. The quantitative estimate of drug-likeness (QED) is 0.128. The average molecular weight is 467 g/mol. The van der Waals surface area contributed by atoms with Crippen LogP contribution in [0.1, 0.15) is 31.8 Å². The third-order valence-electron chi connectivity index (χ3n) is 4.90. The van der Waals surface area contributed by atoms with Gasteiger partial charge in [0.25, 0.3) is 0 Å². The van der Waals surface area contributed by atoms with Crippen LogP contribution in [-0.2, 0) is 0 Å². The number of methoxy groups -OCH3 is 1. The van der Waals surface area contributed by atoms with Crippen molar-refractivity contribution in [1.82, 2.24) is 0 Å². The fourth-order valence-corrected chi connectivity index (χ4v) is 2.85. The van der Waals surface area contributed by atoms with Crippen molar-refractivity contribution in [3.05, 3.63) is 119 Å². The van der Waals surface area contributed by atoms with Gasteiger partial charge in [0.2, 0.25) is 0 Å². The molecule has 0 aliphatic carbocycles. The van der Waals surface area contributed by atoms with Crippen molar-refractivity contribution in [2.45, 2.75) is 13.8 Å². The van der Waals surface area contributed by atoms with Crippen LogP contribution in [0.2, 0.25) is 0 Å². The Hall–Kier alpha value is -4.58. The Morgan fingerprint density at radius 1 is 0.657 bits per heavy atom. The van der Waals surface area contributed by atoms with Crippen LogP contribution in [0.5, 0.6) is 11.5 Å². The summed E-state index contributed by atoms with van der Waals surface area (Å²) < 4.78 is 10.3. The molecule has 0 aliphatic heterocycles. The number of carbonyl (C=O) groups excluding carboxylic acids is 2. The lowest BCUT2D eigenvalue weighted by Crippen LogP contribution is -2.07. The molecule has 0 aromatic heterocycles. The van der Waals surface area contributed by atoms with Gasteiger partial charge >= 0.3 is 5.97 Å². The van der Waals surface area contributed by atoms with E-state index in [-0.39, 0.29) is 0 Å². The van der Waals surface area contributed by atoms with Crippen molar-refractivity contribution in [1.29, 1.82) is 0 Å². The number of carbonyl (C=O) groups is 2. The first kappa shape index (κ1) is 25.1. The van der Waals surface area contributed by atoms with E-state index in [1.54, 1.807) is 67.8 Å². The van der Waals surface area contributed by atoms with Gasteiger partial charge in [0.1, 0.15) is 17.8 Å². The molecule has 0 fully saturated rings. The van der Waals surface area contributed by atoms with Crippen molar-refractivity contribution in [3.8, 4) is 11.5 Å². The first-order valence-electron chi connectivity index (χ1n) is 10.9. The van der Waals surface area contributed by atoms with Crippen LogP contribution in [0.25, 0.3) is 0 Å². The third-order valence-corrected chi connectivity index (χ3v) is 4.90. The first-order chi connectivity index (χ1) is 17.0. The van der Waals surface area contributed by atoms with Crippen molar-refractivity contribution in [2.75, 3.05) is 7.11 Å². The second-order valence-electron chi connectivity index (χ2n) is 7.68. The van der Waals surface area contributed by atoms with Crippen LogP contribution in [0.15, 0.2) is 107 Å². The molecule has 0 amide bonds. The maximum atomic E-state index is 12.1. The molecule has 0 saturated carbocycles. The molecule has 4 aromatic rings. The largest absolute Gasteiger partial charge is 0.497 e. The van der Waals surface area contributed by atoms with Crippen LogP contribution >= 0.6 is 0 Å². The fourth-order valence-electron chi connectivity index (χ4n) is 2.85. The van der Waals surface area contributed by atoms with Crippen molar-refractivity contribution in [3.63, 3.8) is 0 Å². The van der Waals surface area contributed by atoms with Crippen LogP contribution in [0, 0.1) is 13.8 Å². The summed E-state index contributed by atoms with van der Waals surface area (Å²) >= 11 is 0. The lowest BCUT2D eigenvalue weighted by molar-refractivity contribution is 0.0734. The van der Waals surface area contributed by atoms with E-state index < -0.39 is 5.97 Å². The molecule has 0 saturated heterocycles. The Morgan fingerprint density at radius 2 is 1.11 bits per heavy atom. The summed E-state index contributed by atoms with van der Waals surface area (Å²) in [5, 5.41) is 8.21. The minimum Gasteiger partial charge on any atom is -0.497 e. The van der Waals surface area contributed by atoms with E-state index in [2.05, 4.69) is 17.2 Å². The Balaban J connectivity index is 0.000000320. The number of ether oxygens (including phenoxy) is 2. The molecule has 176 valence electrons. The summed E-state index contributed by atoms with van der Waals surface area (Å²) in [6, 6.07) is 28.7. The number of hydrogen-bond acceptors (Lipinski definition) is 6. The Kier molecular flexibility index (Phi) is 9.02. The minimum atomic E-state index is -0.429. The van der Waals surface area contributed by atoms with E-state index in [1.165, 1.54) is 5.56 Å². The summed E-state index contributed by atoms with van der Waals surface area (Å²) in [6.07, 6.45) is 0.773. The van der Waals surface area contributed by atoms with Gasteiger partial charge in [-0.1, -0.05) is 35.4 Å². The topological polar surface area (TPSA) is 77.3 Å². The molecule has 0 N–H and O–H groups in total.